The van der Waals surface area contributed by atoms with E-state index in [-0.39, 0.29) is 5.92 Å². The predicted octanol–water partition coefficient (Wildman–Crippen LogP) is 2.72. The van der Waals surface area contributed by atoms with Crippen LogP contribution in [0.3, 0.4) is 0 Å². The molecule has 6 heteroatoms. The average molecular weight is 353 g/mol. The zero-order valence-corrected chi connectivity index (χ0v) is 14.8. The maximum absolute atomic E-state index is 11.4. The lowest BCUT2D eigenvalue weighted by molar-refractivity contribution is -0.144. The van der Waals surface area contributed by atoms with Crippen LogP contribution in [0.15, 0.2) is 18.2 Å². The molecule has 0 spiro atoms. The monoisotopic (exact) mass is 352 g/mol. The number of carboxylic acids is 1. The van der Waals surface area contributed by atoms with Gasteiger partial charge in [0.25, 0.3) is 0 Å². The smallest absolute Gasteiger partial charge is 0.307 e. The third-order valence-electron chi connectivity index (χ3n) is 4.91. The van der Waals surface area contributed by atoms with Crippen LogP contribution in [0.1, 0.15) is 18.9 Å². The summed E-state index contributed by atoms with van der Waals surface area (Å²) < 4.78 is 5.45. The average Bonchev–Trinajstić information content (AvgIpc) is 2.57. The first-order chi connectivity index (χ1) is 11.5. The Balaban J connectivity index is 1.79. The van der Waals surface area contributed by atoms with E-state index in [4.69, 9.17) is 16.3 Å². The molecular formula is C18H25ClN2O3. The number of morpholine rings is 1. The summed E-state index contributed by atoms with van der Waals surface area (Å²) in [5.41, 5.74) is 2.25. The summed E-state index contributed by atoms with van der Waals surface area (Å²) in [6.45, 7) is 7.51. The number of hydrogen-bond acceptors (Lipinski definition) is 4. The molecule has 0 amide bonds. The molecule has 0 aromatic heterocycles. The zero-order chi connectivity index (χ0) is 17.1. The van der Waals surface area contributed by atoms with Crippen molar-refractivity contribution in [2.24, 2.45) is 11.8 Å². The zero-order valence-electron chi connectivity index (χ0n) is 14.1. The molecule has 0 aliphatic carbocycles. The van der Waals surface area contributed by atoms with Crippen LogP contribution in [0.5, 0.6) is 0 Å². The molecular weight excluding hydrogens is 328 g/mol. The molecule has 2 heterocycles. The molecule has 2 aliphatic heterocycles. The van der Waals surface area contributed by atoms with Gasteiger partial charge in [0, 0.05) is 49.0 Å². The third-order valence-corrected chi connectivity index (χ3v) is 5.27. The van der Waals surface area contributed by atoms with Gasteiger partial charge in [-0.15, -0.1) is 0 Å². The molecule has 1 aromatic rings. The van der Waals surface area contributed by atoms with Crippen molar-refractivity contribution in [3.05, 3.63) is 28.8 Å². The lowest BCUT2D eigenvalue weighted by atomic mass is 9.90. The summed E-state index contributed by atoms with van der Waals surface area (Å²) in [6, 6.07) is 6.01. The number of hydrogen-bond donors (Lipinski definition) is 1. The number of carboxylic acid groups (broad SMARTS) is 1. The van der Waals surface area contributed by atoms with Crippen LogP contribution < -0.4 is 4.90 Å². The molecule has 1 aromatic carbocycles. The van der Waals surface area contributed by atoms with Gasteiger partial charge in [0.2, 0.25) is 0 Å². The normalized spacial score (nSPS) is 25.7. The maximum atomic E-state index is 11.4. The Morgan fingerprint density at radius 2 is 2.08 bits per heavy atom. The lowest BCUT2D eigenvalue weighted by Crippen LogP contribution is -2.42. The first-order valence-electron chi connectivity index (χ1n) is 8.60. The minimum Gasteiger partial charge on any atom is -0.481 e. The van der Waals surface area contributed by atoms with Gasteiger partial charge in [-0.05, 0) is 24.5 Å². The van der Waals surface area contributed by atoms with Crippen molar-refractivity contribution in [3.63, 3.8) is 0 Å². The van der Waals surface area contributed by atoms with Gasteiger partial charge in [-0.25, -0.2) is 0 Å². The van der Waals surface area contributed by atoms with E-state index in [1.807, 2.05) is 12.1 Å². The van der Waals surface area contributed by atoms with Gasteiger partial charge in [0.15, 0.2) is 0 Å². The molecule has 2 unspecified atom stereocenters. The molecule has 1 N–H and O–H groups in total. The molecule has 5 nitrogen and oxygen atoms in total. The SMILES string of the molecule is CC1CC(C(=O)O)CN(Cc2c(Cl)cccc2N2CCOCC2)C1. The summed E-state index contributed by atoms with van der Waals surface area (Å²) >= 11 is 6.50. The van der Waals surface area contributed by atoms with Crippen LogP contribution in [0.25, 0.3) is 0 Å². The van der Waals surface area contributed by atoms with Crippen molar-refractivity contribution in [1.29, 1.82) is 0 Å². The highest BCUT2D eigenvalue weighted by molar-refractivity contribution is 6.31. The number of rotatable bonds is 4. The van der Waals surface area contributed by atoms with E-state index in [0.29, 0.717) is 19.0 Å². The van der Waals surface area contributed by atoms with E-state index in [0.717, 1.165) is 55.5 Å². The van der Waals surface area contributed by atoms with Crippen molar-refractivity contribution < 1.29 is 14.6 Å². The number of piperidine rings is 1. The Hall–Kier alpha value is -1.30. The fraction of sp³-hybridized carbons (Fsp3) is 0.611. The van der Waals surface area contributed by atoms with E-state index in [1.165, 1.54) is 0 Å². The molecule has 0 radical (unpaired) electrons. The van der Waals surface area contributed by atoms with E-state index in [2.05, 4.69) is 22.8 Å². The fourth-order valence-electron chi connectivity index (χ4n) is 3.80. The van der Waals surface area contributed by atoms with Crippen molar-refractivity contribution in [3.8, 4) is 0 Å². The minimum absolute atomic E-state index is 0.289. The molecule has 132 valence electrons. The second-order valence-electron chi connectivity index (χ2n) is 6.91. The van der Waals surface area contributed by atoms with Crippen LogP contribution in [0, 0.1) is 11.8 Å². The number of nitrogens with zero attached hydrogens (tertiary/aromatic N) is 2. The quantitative estimate of drug-likeness (QED) is 0.903. The van der Waals surface area contributed by atoms with Crippen molar-refractivity contribution in [2.75, 3.05) is 44.3 Å². The number of likely N-dealkylation sites (tertiary alicyclic amines) is 1. The van der Waals surface area contributed by atoms with Gasteiger partial charge >= 0.3 is 5.97 Å². The number of halogens is 1. The van der Waals surface area contributed by atoms with Gasteiger partial charge in [0.1, 0.15) is 0 Å². The molecule has 3 rings (SSSR count). The highest BCUT2D eigenvalue weighted by Gasteiger charge is 2.30. The van der Waals surface area contributed by atoms with Crippen molar-refractivity contribution in [1.82, 2.24) is 4.90 Å². The first-order valence-corrected chi connectivity index (χ1v) is 8.97. The number of ether oxygens (including phenoxy) is 1. The van der Waals surface area contributed by atoms with Crippen molar-refractivity contribution in [2.45, 2.75) is 19.9 Å². The second kappa shape index (κ2) is 7.72. The number of benzene rings is 1. The second-order valence-corrected chi connectivity index (χ2v) is 7.31. The van der Waals surface area contributed by atoms with Crippen LogP contribution in [0.4, 0.5) is 5.69 Å². The lowest BCUT2D eigenvalue weighted by Gasteiger charge is -2.36. The predicted molar refractivity (Wildman–Crippen MR) is 94.7 cm³/mol. The topological polar surface area (TPSA) is 53.0 Å². The van der Waals surface area contributed by atoms with Gasteiger partial charge in [-0.2, -0.15) is 0 Å². The Kier molecular flexibility index (Phi) is 5.64. The van der Waals surface area contributed by atoms with Gasteiger partial charge in [-0.3, -0.25) is 9.69 Å². The molecule has 2 aliphatic rings. The molecule has 24 heavy (non-hydrogen) atoms. The molecule has 2 saturated heterocycles. The number of carbonyl (C=O) groups is 1. The van der Waals surface area contributed by atoms with Crippen molar-refractivity contribution >= 4 is 23.3 Å². The Morgan fingerprint density at radius 1 is 1.33 bits per heavy atom. The van der Waals surface area contributed by atoms with Crippen LogP contribution in [-0.2, 0) is 16.1 Å². The molecule has 2 atom stereocenters. The van der Waals surface area contributed by atoms with Crippen LogP contribution in [0.2, 0.25) is 5.02 Å². The standard InChI is InChI=1S/C18H25ClN2O3/c1-13-9-14(18(22)23)11-20(10-13)12-15-16(19)3-2-4-17(15)21-5-7-24-8-6-21/h2-4,13-14H,5-12H2,1H3,(H,22,23). The summed E-state index contributed by atoms with van der Waals surface area (Å²) in [7, 11) is 0. The molecule has 0 bridgehead atoms. The first kappa shape index (κ1) is 17.5. The maximum Gasteiger partial charge on any atom is 0.307 e. The minimum atomic E-state index is -0.695. The van der Waals surface area contributed by atoms with E-state index in [9.17, 15) is 9.90 Å². The Labute approximate surface area is 148 Å². The van der Waals surface area contributed by atoms with E-state index < -0.39 is 5.97 Å². The number of anilines is 1. The fourth-order valence-corrected chi connectivity index (χ4v) is 4.03. The summed E-state index contributed by atoms with van der Waals surface area (Å²) in [5, 5.41) is 10.1. The highest BCUT2D eigenvalue weighted by Crippen LogP contribution is 2.31. The Bertz CT molecular complexity index is 590. The van der Waals surface area contributed by atoms with E-state index >= 15 is 0 Å². The van der Waals surface area contributed by atoms with Gasteiger partial charge in [0.05, 0.1) is 19.1 Å². The number of aliphatic carboxylic acids is 1. The van der Waals surface area contributed by atoms with Crippen LogP contribution >= 0.6 is 11.6 Å². The summed E-state index contributed by atoms with van der Waals surface area (Å²) in [4.78, 5) is 16.0. The summed E-state index contributed by atoms with van der Waals surface area (Å²) in [6.07, 6.45) is 0.755. The third kappa shape index (κ3) is 4.02. The molecule has 0 saturated carbocycles. The highest BCUT2D eigenvalue weighted by atomic mass is 35.5. The van der Waals surface area contributed by atoms with Gasteiger partial charge < -0.3 is 14.7 Å². The Morgan fingerprint density at radius 3 is 2.79 bits per heavy atom. The van der Waals surface area contributed by atoms with Gasteiger partial charge in [-0.1, -0.05) is 24.6 Å². The summed E-state index contributed by atoms with van der Waals surface area (Å²) in [5.74, 6) is -0.601. The largest absolute Gasteiger partial charge is 0.481 e. The van der Waals surface area contributed by atoms with Crippen LogP contribution in [-0.4, -0.2) is 55.4 Å². The van der Waals surface area contributed by atoms with E-state index in [1.54, 1.807) is 0 Å². The molecule has 2 fully saturated rings.